The smallest absolute Gasteiger partial charge is 0.347 e. The molecule has 0 amide bonds. The molecule has 3 heterocycles. The number of fused-ring (bicyclic) bond motifs is 1. The third-order valence-corrected chi connectivity index (χ3v) is 4.96. The van der Waals surface area contributed by atoms with Crippen molar-refractivity contribution >= 4 is 34.8 Å². The highest BCUT2D eigenvalue weighted by molar-refractivity contribution is 8.00. The Morgan fingerprint density at radius 2 is 2.33 bits per heavy atom. The van der Waals surface area contributed by atoms with E-state index in [9.17, 15) is 9.59 Å². The number of nitrogens with one attached hydrogen (secondary N) is 1. The molecule has 0 spiro atoms. The standard InChI is InChI=1S/C11H9N5O3S2/c1-5-8(9(18)19)21-11(14-5)20-3-6-2-7(17)16-10(15-6)12-4-13-16/h2,4H,3H2,1H3,(H,18,19)(H,12,13,15). The van der Waals surface area contributed by atoms with Crippen molar-refractivity contribution in [2.45, 2.75) is 17.0 Å². The first-order chi connectivity index (χ1) is 10.0. The molecule has 108 valence electrons. The molecule has 10 heteroatoms. The highest BCUT2D eigenvalue weighted by Gasteiger charge is 2.14. The lowest BCUT2D eigenvalue weighted by Crippen LogP contribution is -2.15. The minimum absolute atomic E-state index is 0.230. The number of hydrogen-bond donors (Lipinski definition) is 2. The van der Waals surface area contributed by atoms with Gasteiger partial charge in [0.25, 0.3) is 11.3 Å². The molecule has 0 aromatic carbocycles. The van der Waals surface area contributed by atoms with E-state index in [1.54, 1.807) is 6.92 Å². The van der Waals surface area contributed by atoms with Crippen LogP contribution in [0.1, 0.15) is 21.1 Å². The van der Waals surface area contributed by atoms with Gasteiger partial charge in [-0.3, -0.25) is 9.89 Å². The second kappa shape index (κ2) is 5.30. The van der Waals surface area contributed by atoms with E-state index in [1.807, 2.05) is 0 Å². The van der Waals surface area contributed by atoms with Crippen molar-refractivity contribution in [1.82, 2.24) is 24.6 Å². The molecule has 0 atom stereocenters. The van der Waals surface area contributed by atoms with E-state index >= 15 is 0 Å². The number of thiazole rings is 1. The molecule has 0 fully saturated rings. The zero-order valence-corrected chi connectivity index (χ0v) is 12.4. The van der Waals surface area contributed by atoms with Crippen molar-refractivity contribution in [3.05, 3.63) is 39.0 Å². The van der Waals surface area contributed by atoms with Gasteiger partial charge in [-0.15, -0.1) is 11.3 Å². The fraction of sp³-hybridized carbons (Fsp3) is 0.182. The van der Waals surface area contributed by atoms with Gasteiger partial charge in [0.05, 0.1) is 11.4 Å². The van der Waals surface area contributed by atoms with Gasteiger partial charge in [0.15, 0.2) is 4.34 Å². The summed E-state index contributed by atoms with van der Waals surface area (Å²) >= 11 is 2.46. The van der Waals surface area contributed by atoms with Crippen molar-refractivity contribution in [3.8, 4) is 0 Å². The number of carboxylic acid groups (broad SMARTS) is 1. The number of carbonyl (C=O) groups is 1. The van der Waals surface area contributed by atoms with Gasteiger partial charge in [0.1, 0.15) is 11.2 Å². The number of aryl methyl sites for hydroxylation is 1. The average molecular weight is 323 g/mol. The summed E-state index contributed by atoms with van der Waals surface area (Å²) in [7, 11) is 0. The molecule has 0 unspecified atom stereocenters. The molecule has 0 saturated carbocycles. The summed E-state index contributed by atoms with van der Waals surface area (Å²) in [6, 6.07) is 1.41. The van der Waals surface area contributed by atoms with Gasteiger partial charge in [-0.05, 0) is 6.92 Å². The van der Waals surface area contributed by atoms with Crippen LogP contribution in [-0.4, -0.2) is 35.6 Å². The van der Waals surface area contributed by atoms with E-state index in [0.29, 0.717) is 27.3 Å². The van der Waals surface area contributed by atoms with E-state index in [4.69, 9.17) is 5.11 Å². The number of carboxylic acids is 1. The summed E-state index contributed by atoms with van der Waals surface area (Å²) in [5, 5.41) is 11.6. The zero-order valence-electron chi connectivity index (χ0n) is 10.7. The SMILES string of the molecule is Cc1nc(SCc2cc(=O)n3[nH]cnc3n2)sc1C(=O)O. The Morgan fingerprint density at radius 1 is 1.52 bits per heavy atom. The molecule has 0 radical (unpaired) electrons. The van der Waals surface area contributed by atoms with Crippen LogP contribution in [0.5, 0.6) is 0 Å². The topological polar surface area (TPSA) is 113 Å². The molecule has 8 nitrogen and oxygen atoms in total. The predicted molar refractivity (Wildman–Crippen MR) is 77.0 cm³/mol. The van der Waals surface area contributed by atoms with Crippen LogP contribution in [0, 0.1) is 6.92 Å². The Kier molecular flexibility index (Phi) is 3.47. The van der Waals surface area contributed by atoms with Crippen LogP contribution in [-0.2, 0) is 5.75 Å². The molecule has 21 heavy (non-hydrogen) atoms. The van der Waals surface area contributed by atoms with Crippen molar-refractivity contribution in [2.75, 3.05) is 0 Å². The zero-order chi connectivity index (χ0) is 15.0. The Labute approximate surface area is 125 Å². The molecule has 2 N–H and O–H groups in total. The van der Waals surface area contributed by atoms with Crippen LogP contribution in [0.25, 0.3) is 5.78 Å². The summed E-state index contributed by atoms with van der Waals surface area (Å²) < 4.78 is 1.87. The first-order valence-electron chi connectivity index (χ1n) is 5.80. The van der Waals surface area contributed by atoms with Crippen molar-refractivity contribution in [1.29, 1.82) is 0 Å². The molecule has 3 aromatic heterocycles. The van der Waals surface area contributed by atoms with E-state index in [1.165, 1.54) is 28.7 Å². The maximum Gasteiger partial charge on any atom is 0.347 e. The quantitative estimate of drug-likeness (QED) is 0.693. The first kappa shape index (κ1) is 13.8. The van der Waals surface area contributed by atoms with Crippen molar-refractivity contribution in [3.63, 3.8) is 0 Å². The fourth-order valence-electron chi connectivity index (χ4n) is 1.71. The Hall–Kier alpha value is -2.20. The minimum atomic E-state index is -0.980. The second-order valence-electron chi connectivity index (χ2n) is 4.10. The Morgan fingerprint density at radius 3 is 3.05 bits per heavy atom. The Bertz CT molecular complexity index is 881. The van der Waals surface area contributed by atoms with Crippen LogP contribution >= 0.6 is 23.1 Å². The molecule has 0 aliphatic heterocycles. The van der Waals surface area contributed by atoms with Gasteiger partial charge in [-0.1, -0.05) is 11.8 Å². The second-order valence-corrected chi connectivity index (χ2v) is 6.32. The third-order valence-electron chi connectivity index (χ3n) is 2.64. The first-order valence-corrected chi connectivity index (χ1v) is 7.60. The van der Waals surface area contributed by atoms with E-state index in [0.717, 1.165) is 11.3 Å². The van der Waals surface area contributed by atoms with Gasteiger partial charge in [0.2, 0.25) is 0 Å². The summed E-state index contributed by atoms with van der Waals surface area (Å²) in [6.07, 6.45) is 1.39. The number of hydrogen-bond acceptors (Lipinski definition) is 7. The van der Waals surface area contributed by atoms with Crippen molar-refractivity contribution in [2.24, 2.45) is 0 Å². The molecule has 0 aliphatic rings. The lowest BCUT2D eigenvalue weighted by molar-refractivity contribution is 0.0701. The molecule has 3 rings (SSSR count). The van der Waals surface area contributed by atoms with Crippen LogP contribution in [0.15, 0.2) is 21.5 Å². The van der Waals surface area contributed by atoms with Crippen LogP contribution in [0.3, 0.4) is 0 Å². The highest BCUT2D eigenvalue weighted by atomic mass is 32.2. The van der Waals surface area contributed by atoms with E-state index < -0.39 is 5.97 Å². The van der Waals surface area contributed by atoms with Gasteiger partial charge < -0.3 is 5.11 Å². The monoisotopic (exact) mass is 323 g/mol. The van der Waals surface area contributed by atoms with Crippen molar-refractivity contribution < 1.29 is 9.90 Å². The number of aromatic nitrogens is 5. The lowest BCUT2D eigenvalue weighted by atomic mass is 10.4. The number of aromatic amines is 1. The van der Waals surface area contributed by atoms with Gasteiger partial charge in [0, 0.05) is 11.8 Å². The number of H-pyrrole nitrogens is 1. The number of thioether (sulfide) groups is 1. The molecular weight excluding hydrogens is 314 g/mol. The molecular formula is C11H9N5O3S2. The minimum Gasteiger partial charge on any atom is -0.477 e. The summed E-state index contributed by atoms with van der Waals surface area (Å²) in [5.41, 5.74) is 0.822. The summed E-state index contributed by atoms with van der Waals surface area (Å²) in [5.74, 6) is -0.254. The lowest BCUT2D eigenvalue weighted by Gasteiger charge is -1.98. The highest BCUT2D eigenvalue weighted by Crippen LogP contribution is 2.29. The number of aromatic carboxylic acids is 1. The van der Waals surface area contributed by atoms with Crippen LogP contribution < -0.4 is 5.56 Å². The third kappa shape index (κ3) is 2.67. The maximum absolute atomic E-state index is 11.8. The fourth-order valence-corrected chi connectivity index (χ4v) is 3.63. The van der Waals surface area contributed by atoms with E-state index in [2.05, 4.69) is 20.1 Å². The molecule has 0 saturated heterocycles. The average Bonchev–Trinajstić information content (AvgIpc) is 3.03. The predicted octanol–water partition coefficient (Wildman–Crippen LogP) is 1.17. The molecule has 0 aliphatic carbocycles. The number of rotatable bonds is 4. The van der Waals surface area contributed by atoms with Crippen LogP contribution in [0.4, 0.5) is 0 Å². The summed E-state index contributed by atoms with van der Waals surface area (Å²) in [4.78, 5) is 35.3. The number of nitrogens with zero attached hydrogens (tertiary/aromatic N) is 4. The Balaban J connectivity index is 1.81. The molecule has 0 bridgehead atoms. The van der Waals surface area contributed by atoms with Gasteiger partial charge in [-0.2, -0.15) is 4.52 Å². The van der Waals surface area contributed by atoms with Gasteiger partial charge >= 0.3 is 5.97 Å². The summed E-state index contributed by atoms with van der Waals surface area (Å²) in [6.45, 7) is 1.66. The van der Waals surface area contributed by atoms with Crippen LogP contribution in [0.2, 0.25) is 0 Å². The van der Waals surface area contributed by atoms with Gasteiger partial charge in [-0.25, -0.2) is 19.7 Å². The maximum atomic E-state index is 11.8. The largest absolute Gasteiger partial charge is 0.477 e. The normalized spacial score (nSPS) is 11.1. The molecule has 3 aromatic rings. The van der Waals surface area contributed by atoms with E-state index in [-0.39, 0.29) is 10.4 Å².